The van der Waals surface area contributed by atoms with Crippen molar-refractivity contribution in [1.29, 1.82) is 0 Å². The fraction of sp³-hybridized carbons (Fsp3) is 0.500. The molecule has 3 rings (SSSR count). The van der Waals surface area contributed by atoms with Crippen molar-refractivity contribution in [3.63, 3.8) is 0 Å². The van der Waals surface area contributed by atoms with Crippen LogP contribution in [0.5, 0.6) is 5.75 Å². The second kappa shape index (κ2) is 10.8. The lowest BCUT2D eigenvalue weighted by atomic mass is 9.80. The largest absolute Gasteiger partial charge is 0.482 e. The number of hydrogen-bond donors (Lipinski definition) is 0. The average molecular weight is 398 g/mol. The van der Waals surface area contributed by atoms with Crippen LogP contribution in [0.15, 0.2) is 51.9 Å². The highest BCUT2D eigenvalue weighted by atomic mass is 16.5. The van der Waals surface area contributed by atoms with E-state index in [1.807, 2.05) is 30.3 Å². The Morgan fingerprint density at radius 1 is 1.10 bits per heavy atom. The van der Waals surface area contributed by atoms with Crippen LogP contribution >= 0.6 is 0 Å². The fourth-order valence-electron chi connectivity index (χ4n) is 3.79. The molecule has 1 saturated carbocycles. The molecule has 0 spiro atoms. The van der Waals surface area contributed by atoms with Gasteiger partial charge in [0.25, 0.3) is 0 Å². The number of carbonyl (C=O) groups is 1. The first-order chi connectivity index (χ1) is 14.2. The molecule has 5 heteroatoms. The van der Waals surface area contributed by atoms with E-state index >= 15 is 0 Å². The van der Waals surface area contributed by atoms with Crippen LogP contribution < -0.4 is 10.2 Å². The van der Waals surface area contributed by atoms with Gasteiger partial charge in [0.15, 0.2) is 0 Å². The Balaban J connectivity index is 1.44. The highest BCUT2D eigenvalue weighted by Gasteiger charge is 2.27. The van der Waals surface area contributed by atoms with Crippen LogP contribution in [0.25, 0.3) is 0 Å². The van der Waals surface area contributed by atoms with Crippen molar-refractivity contribution in [1.82, 2.24) is 0 Å². The molecular weight excluding hydrogens is 368 g/mol. The van der Waals surface area contributed by atoms with Crippen LogP contribution in [0.3, 0.4) is 0 Å². The first-order valence-electron chi connectivity index (χ1n) is 10.6. The predicted octanol–water partition coefficient (Wildman–Crippen LogP) is 5.26. The molecule has 0 atom stereocenters. The van der Waals surface area contributed by atoms with Gasteiger partial charge in [0, 0.05) is 6.07 Å². The molecule has 1 heterocycles. The first-order valence-corrected chi connectivity index (χ1v) is 10.6. The summed E-state index contributed by atoms with van der Waals surface area (Å²) in [5, 5.41) is 0. The van der Waals surface area contributed by atoms with Crippen LogP contribution in [-0.2, 0) is 22.7 Å². The Morgan fingerprint density at radius 3 is 2.55 bits per heavy atom. The lowest BCUT2D eigenvalue weighted by Crippen LogP contribution is -2.23. The van der Waals surface area contributed by atoms with Crippen molar-refractivity contribution < 1.29 is 18.7 Å². The van der Waals surface area contributed by atoms with E-state index in [0.29, 0.717) is 12.4 Å². The molecular formula is C24H30O5. The van der Waals surface area contributed by atoms with E-state index in [9.17, 15) is 9.59 Å². The summed E-state index contributed by atoms with van der Waals surface area (Å²) < 4.78 is 16.3. The summed E-state index contributed by atoms with van der Waals surface area (Å²) in [5.74, 6) is 1.00. The highest BCUT2D eigenvalue weighted by Crippen LogP contribution is 2.32. The van der Waals surface area contributed by atoms with Crippen molar-refractivity contribution in [2.24, 2.45) is 11.8 Å². The maximum absolute atomic E-state index is 12.3. The lowest BCUT2D eigenvalue weighted by Gasteiger charge is -2.27. The monoisotopic (exact) mass is 398 g/mol. The molecule has 1 aromatic carbocycles. The average Bonchev–Trinajstić information content (AvgIpc) is 2.76. The number of rotatable bonds is 9. The van der Waals surface area contributed by atoms with Gasteiger partial charge in [0.2, 0.25) is 11.2 Å². The zero-order chi connectivity index (χ0) is 20.5. The molecule has 1 aliphatic carbocycles. The normalized spacial score (nSPS) is 18.9. The summed E-state index contributed by atoms with van der Waals surface area (Å²) in [6, 6.07) is 10.9. The maximum Gasteiger partial charge on any atom is 0.309 e. The molecule has 1 aliphatic rings. The maximum atomic E-state index is 12.3. The smallest absolute Gasteiger partial charge is 0.309 e. The molecule has 0 aliphatic heterocycles. The molecule has 156 valence electrons. The van der Waals surface area contributed by atoms with E-state index in [4.69, 9.17) is 13.9 Å². The van der Waals surface area contributed by atoms with E-state index < -0.39 is 0 Å². The minimum absolute atomic E-state index is 0.0250. The van der Waals surface area contributed by atoms with Gasteiger partial charge in [0.05, 0.1) is 5.92 Å². The Labute approximate surface area is 172 Å². The second-order valence-corrected chi connectivity index (χ2v) is 7.82. The SMILES string of the molecule is CCCCC1CCC(C(=O)OCc2cc(=O)c(OCc3ccccc3)co2)CC1. The van der Waals surface area contributed by atoms with Gasteiger partial charge in [-0.3, -0.25) is 9.59 Å². The molecule has 1 fully saturated rings. The van der Waals surface area contributed by atoms with Crippen LogP contribution in [0.1, 0.15) is 63.2 Å². The predicted molar refractivity (Wildman–Crippen MR) is 111 cm³/mol. The highest BCUT2D eigenvalue weighted by molar-refractivity contribution is 5.72. The Hall–Kier alpha value is -2.56. The Bertz CT molecular complexity index is 819. The number of esters is 1. The molecule has 0 N–H and O–H groups in total. The van der Waals surface area contributed by atoms with Crippen molar-refractivity contribution in [2.45, 2.75) is 65.1 Å². The van der Waals surface area contributed by atoms with Crippen molar-refractivity contribution in [3.8, 4) is 5.75 Å². The van der Waals surface area contributed by atoms with Gasteiger partial charge >= 0.3 is 5.97 Å². The topological polar surface area (TPSA) is 65.7 Å². The molecule has 5 nitrogen and oxygen atoms in total. The summed E-state index contributed by atoms with van der Waals surface area (Å²) in [7, 11) is 0. The van der Waals surface area contributed by atoms with E-state index in [1.54, 1.807) is 0 Å². The van der Waals surface area contributed by atoms with Crippen LogP contribution in [0, 0.1) is 11.8 Å². The van der Waals surface area contributed by atoms with E-state index in [-0.39, 0.29) is 29.7 Å². The molecule has 1 aromatic heterocycles. The van der Waals surface area contributed by atoms with Crippen molar-refractivity contribution in [3.05, 3.63) is 64.2 Å². The van der Waals surface area contributed by atoms with Crippen LogP contribution in [-0.4, -0.2) is 5.97 Å². The fourth-order valence-corrected chi connectivity index (χ4v) is 3.79. The molecule has 0 unspecified atom stereocenters. The standard InChI is InChI=1S/C24H30O5/c1-2-3-7-18-10-12-20(13-11-18)24(26)29-16-21-14-22(25)23(17-27-21)28-15-19-8-5-4-6-9-19/h4-6,8-9,14,17-18,20H,2-3,7,10-13,15-16H2,1H3. The number of unbranched alkanes of at least 4 members (excludes halogenated alkanes) is 1. The van der Waals surface area contributed by atoms with E-state index in [0.717, 1.165) is 37.2 Å². The summed E-state index contributed by atoms with van der Waals surface area (Å²) in [6.45, 7) is 2.48. The third-order valence-corrected chi connectivity index (χ3v) is 5.59. The molecule has 29 heavy (non-hydrogen) atoms. The summed E-state index contributed by atoms with van der Waals surface area (Å²) in [4.78, 5) is 24.5. The second-order valence-electron chi connectivity index (χ2n) is 7.82. The van der Waals surface area contributed by atoms with Crippen LogP contribution in [0.2, 0.25) is 0 Å². The van der Waals surface area contributed by atoms with Crippen molar-refractivity contribution >= 4 is 5.97 Å². The van der Waals surface area contributed by atoms with E-state index in [1.165, 1.54) is 31.6 Å². The summed E-state index contributed by atoms with van der Waals surface area (Å²) in [5.41, 5.74) is 0.684. The van der Waals surface area contributed by atoms with Gasteiger partial charge in [-0.25, -0.2) is 0 Å². The Morgan fingerprint density at radius 2 is 1.86 bits per heavy atom. The third-order valence-electron chi connectivity index (χ3n) is 5.59. The van der Waals surface area contributed by atoms with Crippen molar-refractivity contribution in [2.75, 3.05) is 0 Å². The minimum atomic E-state index is -0.283. The van der Waals surface area contributed by atoms with Gasteiger partial charge in [-0.1, -0.05) is 56.5 Å². The number of benzene rings is 1. The zero-order valence-corrected chi connectivity index (χ0v) is 17.1. The van der Waals surface area contributed by atoms with Gasteiger partial charge < -0.3 is 13.9 Å². The molecule has 2 aromatic rings. The minimum Gasteiger partial charge on any atom is -0.482 e. The molecule has 0 radical (unpaired) electrons. The van der Waals surface area contributed by atoms with Crippen LogP contribution in [0.4, 0.5) is 0 Å². The van der Waals surface area contributed by atoms with Gasteiger partial charge in [-0.2, -0.15) is 0 Å². The van der Waals surface area contributed by atoms with Gasteiger partial charge in [0.1, 0.15) is 25.2 Å². The lowest BCUT2D eigenvalue weighted by molar-refractivity contribution is -0.151. The quantitative estimate of drug-likeness (QED) is 0.539. The Kier molecular flexibility index (Phi) is 7.91. The number of ether oxygens (including phenoxy) is 2. The van der Waals surface area contributed by atoms with E-state index in [2.05, 4.69) is 6.92 Å². The molecule has 0 bridgehead atoms. The number of hydrogen-bond acceptors (Lipinski definition) is 5. The summed E-state index contributed by atoms with van der Waals surface area (Å²) in [6.07, 6.45) is 9.03. The molecule has 0 saturated heterocycles. The number of carbonyl (C=O) groups excluding carboxylic acids is 1. The summed E-state index contributed by atoms with van der Waals surface area (Å²) >= 11 is 0. The van der Waals surface area contributed by atoms with Gasteiger partial charge in [-0.15, -0.1) is 0 Å². The van der Waals surface area contributed by atoms with Gasteiger partial charge in [-0.05, 0) is 37.2 Å². The first kappa shape index (κ1) is 21.2. The third kappa shape index (κ3) is 6.48. The zero-order valence-electron chi connectivity index (χ0n) is 17.1. The molecule has 0 amide bonds.